The van der Waals surface area contributed by atoms with E-state index in [1.165, 1.54) is 0 Å². The molecule has 0 aromatic heterocycles. The SMILES string of the molecule is CCC1NCCO1.C[S+](C)[O-]. The lowest BCUT2D eigenvalue weighted by Gasteiger charge is -2.02. The van der Waals surface area contributed by atoms with Crippen LogP contribution in [-0.4, -0.2) is 36.4 Å². The number of hydrogen-bond donors (Lipinski definition) is 1. The molecule has 0 aromatic rings. The van der Waals surface area contributed by atoms with Gasteiger partial charge < -0.3 is 9.29 Å². The third-order valence-corrected chi connectivity index (χ3v) is 1.16. The summed E-state index contributed by atoms with van der Waals surface area (Å²) < 4.78 is 14.7. The van der Waals surface area contributed by atoms with E-state index in [0.717, 1.165) is 19.6 Å². The Labute approximate surface area is 71.7 Å². The predicted octanol–water partition coefficient (Wildman–Crippen LogP) is 0.337. The first-order chi connectivity index (χ1) is 5.16. The molecule has 1 heterocycles. The maximum absolute atomic E-state index is 9.56. The lowest BCUT2D eigenvalue weighted by Crippen LogP contribution is -2.20. The molecule has 3 nitrogen and oxygen atoms in total. The van der Waals surface area contributed by atoms with Crippen LogP contribution in [0, 0.1) is 0 Å². The molecule has 1 unspecified atom stereocenters. The molecule has 1 rings (SSSR count). The highest BCUT2D eigenvalue weighted by Gasteiger charge is 2.09. The van der Waals surface area contributed by atoms with Crippen LogP contribution < -0.4 is 5.32 Å². The van der Waals surface area contributed by atoms with Crippen LogP contribution in [0.3, 0.4) is 0 Å². The summed E-state index contributed by atoms with van der Waals surface area (Å²) in [5, 5.41) is 3.18. The highest BCUT2D eigenvalue weighted by molar-refractivity contribution is 7.89. The number of ether oxygens (including phenoxy) is 1. The van der Waals surface area contributed by atoms with Crippen molar-refractivity contribution in [3.05, 3.63) is 0 Å². The van der Waals surface area contributed by atoms with E-state index in [1.54, 1.807) is 12.5 Å². The van der Waals surface area contributed by atoms with Crippen molar-refractivity contribution in [2.45, 2.75) is 19.6 Å². The Hall–Kier alpha value is 0.230. The van der Waals surface area contributed by atoms with Gasteiger partial charge in [-0.2, -0.15) is 0 Å². The van der Waals surface area contributed by atoms with E-state index >= 15 is 0 Å². The van der Waals surface area contributed by atoms with E-state index in [2.05, 4.69) is 12.2 Å². The molecule has 11 heavy (non-hydrogen) atoms. The zero-order valence-electron chi connectivity index (χ0n) is 7.42. The van der Waals surface area contributed by atoms with Gasteiger partial charge in [-0.25, -0.2) is 0 Å². The van der Waals surface area contributed by atoms with Gasteiger partial charge in [0, 0.05) is 6.54 Å². The van der Waals surface area contributed by atoms with Gasteiger partial charge in [0.1, 0.15) is 6.23 Å². The van der Waals surface area contributed by atoms with E-state index in [1.807, 2.05) is 0 Å². The molecule has 1 aliphatic rings. The van der Waals surface area contributed by atoms with Gasteiger partial charge >= 0.3 is 0 Å². The van der Waals surface area contributed by atoms with Gasteiger partial charge in [-0.15, -0.1) is 0 Å². The Bertz CT molecular complexity index is 81.8. The van der Waals surface area contributed by atoms with Gasteiger partial charge in [0.15, 0.2) is 0 Å². The first-order valence-electron chi connectivity index (χ1n) is 3.77. The molecule has 0 saturated carbocycles. The topological polar surface area (TPSA) is 44.3 Å². The summed E-state index contributed by atoms with van der Waals surface area (Å²) in [5.41, 5.74) is 0. The fourth-order valence-corrected chi connectivity index (χ4v) is 0.742. The smallest absolute Gasteiger partial charge is 0.107 e. The van der Waals surface area contributed by atoms with Gasteiger partial charge in [0.05, 0.1) is 19.1 Å². The fourth-order valence-electron chi connectivity index (χ4n) is 0.742. The molecule has 0 amide bonds. The molecule has 0 radical (unpaired) electrons. The maximum Gasteiger partial charge on any atom is 0.107 e. The van der Waals surface area contributed by atoms with Crippen LogP contribution in [0.1, 0.15) is 13.3 Å². The highest BCUT2D eigenvalue weighted by atomic mass is 32.2. The van der Waals surface area contributed by atoms with Crippen molar-refractivity contribution in [3.63, 3.8) is 0 Å². The minimum Gasteiger partial charge on any atom is -0.617 e. The van der Waals surface area contributed by atoms with E-state index in [4.69, 9.17) is 4.74 Å². The van der Waals surface area contributed by atoms with E-state index in [9.17, 15) is 4.55 Å². The van der Waals surface area contributed by atoms with Crippen LogP contribution in [0.5, 0.6) is 0 Å². The van der Waals surface area contributed by atoms with Crippen LogP contribution in [0.4, 0.5) is 0 Å². The summed E-state index contributed by atoms with van der Waals surface area (Å²) >= 11 is -0.611. The molecular formula is C7H17NO2S. The summed E-state index contributed by atoms with van der Waals surface area (Å²) in [4.78, 5) is 0. The first kappa shape index (κ1) is 11.2. The van der Waals surface area contributed by atoms with Gasteiger partial charge in [-0.05, 0) is 6.42 Å². The minimum absolute atomic E-state index is 0.347. The molecule has 0 aliphatic carbocycles. The molecule has 1 N–H and O–H groups in total. The van der Waals surface area contributed by atoms with Crippen molar-refractivity contribution >= 4 is 11.2 Å². The molecule has 1 atom stereocenters. The van der Waals surface area contributed by atoms with Crippen molar-refractivity contribution in [2.75, 3.05) is 25.7 Å². The number of hydrogen-bond acceptors (Lipinski definition) is 3. The second-order valence-corrected chi connectivity index (χ2v) is 3.95. The summed E-state index contributed by atoms with van der Waals surface area (Å²) in [6.07, 6.45) is 4.71. The van der Waals surface area contributed by atoms with E-state index in [-0.39, 0.29) is 0 Å². The summed E-state index contributed by atoms with van der Waals surface area (Å²) in [6.45, 7) is 4.03. The molecule has 68 valence electrons. The van der Waals surface area contributed by atoms with Gasteiger partial charge in [-0.3, -0.25) is 5.32 Å². The quantitative estimate of drug-likeness (QED) is 0.590. The van der Waals surface area contributed by atoms with Gasteiger partial charge in [0.25, 0.3) is 0 Å². The molecule has 0 bridgehead atoms. The normalized spacial score (nSPS) is 23.2. The largest absolute Gasteiger partial charge is 0.617 e. The molecule has 1 fully saturated rings. The average molecular weight is 179 g/mol. The van der Waals surface area contributed by atoms with Gasteiger partial charge in [0.2, 0.25) is 0 Å². The Balaban J connectivity index is 0.000000218. The molecular weight excluding hydrogens is 162 g/mol. The van der Waals surface area contributed by atoms with Gasteiger partial charge in [-0.1, -0.05) is 18.1 Å². The monoisotopic (exact) mass is 179 g/mol. The molecule has 1 aliphatic heterocycles. The lowest BCUT2D eigenvalue weighted by atomic mass is 10.4. The summed E-state index contributed by atoms with van der Waals surface area (Å²) in [6, 6.07) is 0. The number of rotatable bonds is 1. The first-order valence-corrected chi connectivity index (χ1v) is 5.73. The fraction of sp³-hybridized carbons (Fsp3) is 1.00. The third-order valence-electron chi connectivity index (χ3n) is 1.16. The van der Waals surface area contributed by atoms with Crippen molar-refractivity contribution in [1.29, 1.82) is 0 Å². The van der Waals surface area contributed by atoms with Crippen LogP contribution in [0.15, 0.2) is 0 Å². The Morgan fingerprint density at radius 1 is 1.64 bits per heavy atom. The van der Waals surface area contributed by atoms with Crippen molar-refractivity contribution in [2.24, 2.45) is 0 Å². The minimum atomic E-state index is -0.611. The average Bonchev–Trinajstić information content (AvgIpc) is 2.36. The van der Waals surface area contributed by atoms with Crippen molar-refractivity contribution in [3.8, 4) is 0 Å². The Morgan fingerprint density at radius 3 is 2.36 bits per heavy atom. The molecule has 1 saturated heterocycles. The zero-order valence-corrected chi connectivity index (χ0v) is 8.24. The zero-order chi connectivity index (χ0) is 8.69. The summed E-state index contributed by atoms with van der Waals surface area (Å²) in [7, 11) is 0. The molecule has 0 aromatic carbocycles. The Kier molecular flexibility index (Phi) is 7.06. The Morgan fingerprint density at radius 2 is 2.18 bits per heavy atom. The van der Waals surface area contributed by atoms with Crippen LogP contribution in [0.25, 0.3) is 0 Å². The molecule has 0 spiro atoms. The molecule has 4 heteroatoms. The van der Waals surface area contributed by atoms with E-state index < -0.39 is 11.2 Å². The van der Waals surface area contributed by atoms with Crippen LogP contribution >= 0.6 is 0 Å². The van der Waals surface area contributed by atoms with E-state index in [0.29, 0.717) is 6.23 Å². The van der Waals surface area contributed by atoms with Crippen molar-refractivity contribution in [1.82, 2.24) is 5.32 Å². The third kappa shape index (κ3) is 8.13. The standard InChI is InChI=1S/C5H11NO.C2H6OS/c1-2-5-6-3-4-7-5;1-4(2)3/h5-6H,2-4H2,1H3;1-2H3. The summed E-state index contributed by atoms with van der Waals surface area (Å²) in [5.74, 6) is 0. The lowest BCUT2D eigenvalue weighted by molar-refractivity contribution is 0.0984. The maximum atomic E-state index is 9.56. The number of nitrogens with one attached hydrogen (secondary N) is 1. The second-order valence-electron chi connectivity index (χ2n) is 2.46. The second kappa shape index (κ2) is 6.91. The van der Waals surface area contributed by atoms with Crippen LogP contribution in [0.2, 0.25) is 0 Å². The van der Waals surface area contributed by atoms with Crippen LogP contribution in [-0.2, 0) is 15.9 Å². The highest BCUT2D eigenvalue weighted by Crippen LogP contribution is 1.97. The van der Waals surface area contributed by atoms with Crippen molar-refractivity contribution < 1.29 is 9.29 Å². The predicted molar refractivity (Wildman–Crippen MR) is 48.0 cm³/mol.